The standard InChI is InChI=1S/C18H19ClN2O3/c1-3-24-16-7-5-4-6-15(16)18(23)21(2)12-17(22)20-14-10-8-13(19)9-11-14/h4-11H,3,12H2,1-2H3,(H,20,22). The molecule has 0 saturated carbocycles. The number of carbonyl (C=O) groups is 2. The van der Waals surface area contributed by atoms with Crippen LogP contribution in [0.2, 0.25) is 5.02 Å². The summed E-state index contributed by atoms with van der Waals surface area (Å²) < 4.78 is 5.46. The Balaban J connectivity index is 2.00. The summed E-state index contributed by atoms with van der Waals surface area (Å²) in [6, 6.07) is 13.7. The smallest absolute Gasteiger partial charge is 0.257 e. The van der Waals surface area contributed by atoms with Crippen LogP contribution in [0.15, 0.2) is 48.5 Å². The molecule has 2 aromatic carbocycles. The number of nitrogens with zero attached hydrogens (tertiary/aromatic N) is 1. The number of benzene rings is 2. The molecule has 126 valence electrons. The fourth-order valence-electron chi connectivity index (χ4n) is 2.15. The van der Waals surface area contributed by atoms with Crippen molar-refractivity contribution in [3.05, 3.63) is 59.1 Å². The lowest BCUT2D eigenvalue weighted by Gasteiger charge is -2.18. The summed E-state index contributed by atoms with van der Waals surface area (Å²) >= 11 is 5.80. The van der Waals surface area contributed by atoms with Gasteiger partial charge < -0.3 is 15.0 Å². The number of ether oxygens (including phenoxy) is 1. The molecule has 2 amide bonds. The first kappa shape index (κ1) is 17.8. The molecule has 2 aromatic rings. The van der Waals surface area contributed by atoms with Crippen molar-refractivity contribution in [1.29, 1.82) is 0 Å². The molecule has 0 aromatic heterocycles. The normalized spacial score (nSPS) is 10.1. The molecule has 0 atom stereocenters. The molecule has 5 nitrogen and oxygen atoms in total. The van der Waals surface area contributed by atoms with Gasteiger partial charge in [0.25, 0.3) is 5.91 Å². The molecule has 0 fully saturated rings. The molecule has 0 spiro atoms. The average molecular weight is 347 g/mol. The van der Waals surface area contributed by atoms with Crippen molar-refractivity contribution in [1.82, 2.24) is 4.90 Å². The molecule has 0 heterocycles. The van der Waals surface area contributed by atoms with E-state index in [9.17, 15) is 9.59 Å². The summed E-state index contributed by atoms with van der Waals surface area (Å²) in [6.45, 7) is 2.25. The highest BCUT2D eigenvalue weighted by atomic mass is 35.5. The van der Waals surface area contributed by atoms with Crippen LogP contribution in [0.25, 0.3) is 0 Å². The van der Waals surface area contributed by atoms with Crippen molar-refractivity contribution in [3.63, 3.8) is 0 Å². The second-order valence-electron chi connectivity index (χ2n) is 5.15. The van der Waals surface area contributed by atoms with Gasteiger partial charge in [-0.3, -0.25) is 9.59 Å². The fourth-order valence-corrected chi connectivity index (χ4v) is 2.28. The number of anilines is 1. The summed E-state index contributed by atoms with van der Waals surface area (Å²) in [5.74, 6) is -0.0534. The number of nitrogens with one attached hydrogen (secondary N) is 1. The second kappa shape index (κ2) is 8.36. The van der Waals surface area contributed by atoms with Gasteiger partial charge in [0.2, 0.25) is 5.91 Å². The minimum Gasteiger partial charge on any atom is -0.493 e. The van der Waals surface area contributed by atoms with E-state index < -0.39 is 0 Å². The highest BCUT2D eigenvalue weighted by molar-refractivity contribution is 6.30. The SMILES string of the molecule is CCOc1ccccc1C(=O)N(C)CC(=O)Nc1ccc(Cl)cc1. The van der Waals surface area contributed by atoms with E-state index in [2.05, 4.69) is 5.32 Å². The third kappa shape index (κ3) is 4.73. The quantitative estimate of drug-likeness (QED) is 0.871. The van der Waals surface area contributed by atoms with E-state index in [0.29, 0.717) is 28.6 Å². The van der Waals surface area contributed by atoms with Gasteiger partial charge in [0, 0.05) is 17.8 Å². The first-order valence-corrected chi connectivity index (χ1v) is 7.91. The predicted octanol–water partition coefficient (Wildman–Crippen LogP) is 3.45. The van der Waals surface area contributed by atoms with Gasteiger partial charge in [0.05, 0.1) is 18.7 Å². The van der Waals surface area contributed by atoms with Crippen molar-refractivity contribution in [2.24, 2.45) is 0 Å². The summed E-state index contributed by atoms with van der Waals surface area (Å²) in [7, 11) is 1.58. The first-order valence-electron chi connectivity index (χ1n) is 7.54. The largest absolute Gasteiger partial charge is 0.493 e. The van der Waals surface area contributed by atoms with E-state index in [1.165, 1.54) is 4.90 Å². The van der Waals surface area contributed by atoms with Crippen LogP contribution in [0.1, 0.15) is 17.3 Å². The van der Waals surface area contributed by atoms with Crippen LogP contribution in [0.3, 0.4) is 0 Å². The molecule has 0 bridgehead atoms. The molecule has 0 radical (unpaired) electrons. The van der Waals surface area contributed by atoms with E-state index in [0.717, 1.165) is 0 Å². The van der Waals surface area contributed by atoms with Gasteiger partial charge in [0.1, 0.15) is 5.75 Å². The monoisotopic (exact) mass is 346 g/mol. The van der Waals surface area contributed by atoms with E-state index in [1.807, 2.05) is 6.92 Å². The minimum absolute atomic E-state index is 0.0675. The molecule has 0 aliphatic carbocycles. The number of amides is 2. The van der Waals surface area contributed by atoms with Gasteiger partial charge in [-0.1, -0.05) is 23.7 Å². The van der Waals surface area contributed by atoms with Crippen LogP contribution < -0.4 is 10.1 Å². The third-order valence-electron chi connectivity index (χ3n) is 3.27. The third-order valence-corrected chi connectivity index (χ3v) is 3.52. The average Bonchev–Trinajstić information content (AvgIpc) is 2.57. The number of likely N-dealkylation sites (N-methyl/N-ethyl adjacent to an activating group) is 1. The van der Waals surface area contributed by atoms with Gasteiger partial charge in [-0.05, 0) is 43.3 Å². The molecule has 0 aliphatic heterocycles. The lowest BCUT2D eigenvalue weighted by Crippen LogP contribution is -2.35. The van der Waals surface area contributed by atoms with E-state index in [-0.39, 0.29) is 18.4 Å². The van der Waals surface area contributed by atoms with Crippen molar-refractivity contribution in [3.8, 4) is 5.75 Å². The van der Waals surface area contributed by atoms with E-state index in [1.54, 1.807) is 55.6 Å². The highest BCUT2D eigenvalue weighted by Gasteiger charge is 2.18. The molecular weight excluding hydrogens is 328 g/mol. The van der Waals surface area contributed by atoms with Gasteiger partial charge in [0.15, 0.2) is 0 Å². The van der Waals surface area contributed by atoms with Gasteiger partial charge in [-0.2, -0.15) is 0 Å². The van der Waals surface area contributed by atoms with Crippen LogP contribution in [0, 0.1) is 0 Å². The lowest BCUT2D eigenvalue weighted by molar-refractivity contribution is -0.116. The van der Waals surface area contributed by atoms with Crippen molar-refractivity contribution < 1.29 is 14.3 Å². The second-order valence-corrected chi connectivity index (χ2v) is 5.58. The van der Waals surface area contributed by atoms with Gasteiger partial charge >= 0.3 is 0 Å². The maximum absolute atomic E-state index is 12.5. The topological polar surface area (TPSA) is 58.6 Å². The van der Waals surface area contributed by atoms with Crippen LogP contribution in [0.5, 0.6) is 5.75 Å². The number of halogens is 1. The molecule has 1 N–H and O–H groups in total. The van der Waals surface area contributed by atoms with E-state index in [4.69, 9.17) is 16.3 Å². The zero-order valence-corrected chi connectivity index (χ0v) is 14.3. The Kier molecular flexibility index (Phi) is 6.21. The summed E-state index contributed by atoms with van der Waals surface area (Å²) in [5, 5.41) is 3.31. The van der Waals surface area contributed by atoms with Crippen molar-refractivity contribution in [2.45, 2.75) is 6.92 Å². The molecule has 6 heteroatoms. The van der Waals surface area contributed by atoms with Crippen LogP contribution in [0.4, 0.5) is 5.69 Å². The molecule has 0 aliphatic rings. The number of rotatable bonds is 6. The van der Waals surface area contributed by atoms with Crippen LogP contribution in [-0.4, -0.2) is 36.9 Å². The van der Waals surface area contributed by atoms with Crippen molar-refractivity contribution >= 4 is 29.1 Å². The molecule has 0 saturated heterocycles. The maximum atomic E-state index is 12.5. The Labute approximate surface area is 146 Å². The van der Waals surface area contributed by atoms with Crippen LogP contribution >= 0.6 is 11.6 Å². The minimum atomic E-state index is -0.290. The zero-order chi connectivity index (χ0) is 17.5. The Morgan fingerprint density at radius 1 is 1.12 bits per heavy atom. The maximum Gasteiger partial charge on any atom is 0.257 e. The van der Waals surface area contributed by atoms with E-state index >= 15 is 0 Å². The summed E-state index contributed by atoms with van der Waals surface area (Å²) in [6.07, 6.45) is 0. The Morgan fingerprint density at radius 2 is 1.79 bits per heavy atom. The Morgan fingerprint density at radius 3 is 2.46 bits per heavy atom. The van der Waals surface area contributed by atoms with Crippen molar-refractivity contribution in [2.75, 3.05) is 25.5 Å². The zero-order valence-electron chi connectivity index (χ0n) is 13.6. The fraction of sp³-hybridized carbons (Fsp3) is 0.222. The lowest BCUT2D eigenvalue weighted by atomic mass is 10.1. The first-order chi connectivity index (χ1) is 11.5. The molecule has 24 heavy (non-hydrogen) atoms. The number of hydrogen-bond acceptors (Lipinski definition) is 3. The summed E-state index contributed by atoms with van der Waals surface area (Å²) in [5.41, 5.74) is 1.06. The summed E-state index contributed by atoms with van der Waals surface area (Å²) in [4.78, 5) is 26.0. The Hall–Kier alpha value is -2.53. The Bertz CT molecular complexity index is 716. The van der Waals surface area contributed by atoms with Gasteiger partial charge in [-0.15, -0.1) is 0 Å². The number of para-hydroxylation sites is 1. The predicted molar refractivity (Wildman–Crippen MR) is 94.7 cm³/mol. The highest BCUT2D eigenvalue weighted by Crippen LogP contribution is 2.19. The number of hydrogen-bond donors (Lipinski definition) is 1. The molecule has 0 unspecified atom stereocenters. The molecular formula is C18H19ClN2O3. The number of carbonyl (C=O) groups excluding carboxylic acids is 2. The molecule has 2 rings (SSSR count). The van der Waals surface area contributed by atoms with Crippen LogP contribution in [-0.2, 0) is 4.79 Å². The van der Waals surface area contributed by atoms with Gasteiger partial charge in [-0.25, -0.2) is 0 Å².